The summed E-state index contributed by atoms with van der Waals surface area (Å²) < 4.78 is 35.0. The minimum Gasteiger partial charge on any atom is -0.494 e. The number of rotatable bonds is 14. The summed E-state index contributed by atoms with van der Waals surface area (Å²) >= 11 is 0. The Morgan fingerprint density at radius 1 is 0.800 bits per heavy atom. The van der Waals surface area contributed by atoms with Crippen molar-refractivity contribution in [2.24, 2.45) is 0 Å². The van der Waals surface area contributed by atoms with Crippen molar-refractivity contribution in [3.8, 4) is 5.75 Å². The van der Waals surface area contributed by atoms with Gasteiger partial charge in [-0.15, -0.1) is 0 Å². The molecule has 0 aromatic heterocycles. The zero-order valence-corrected chi connectivity index (χ0v) is 27.1. The summed E-state index contributed by atoms with van der Waals surface area (Å²) in [6.45, 7) is 8.00. The van der Waals surface area contributed by atoms with Crippen molar-refractivity contribution < 1.29 is 22.7 Å². The second-order valence-corrected chi connectivity index (χ2v) is 12.7. The third-order valence-corrected chi connectivity index (χ3v) is 9.17. The van der Waals surface area contributed by atoms with E-state index in [0.717, 1.165) is 26.6 Å². The number of anilines is 1. The van der Waals surface area contributed by atoms with Crippen LogP contribution < -0.4 is 14.4 Å². The van der Waals surface area contributed by atoms with Crippen molar-refractivity contribution in [2.75, 3.05) is 24.0 Å². The van der Waals surface area contributed by atoms with Crippen molar-refractivity contribution in [3.63, 3.8) is 0 Å². The number of aryl methyl sites for hydroxylation is 2. The molecule has 0 saturated carbocycles. The van der Waals surface area contributed by atoms with Crippen molar-refractivity contribution in [1.29, 1.82) is 0 Å². The number of likely N-dealkylation sites (N-methyl/N-ethyl adjacent to an activating group) is 1. The highest BCUT2D eigenvalue weighted by Gasteiger charge is 2.34. The lowest BCUT2D eigenvalue weighted by atomic mass is 10.0. The Bertz CT molecular complexity index is 1670. The number of carbonyl (C=O) groups excluding carboxylic acids is 2. The van der Waals surface area contributed by atoms with Gasteiger partial charge in [0.15, 0.2) is 0 Å². The molecular formula is C36H41N3O5S. The van der Waals surface area contributed by atoms with Gasteiger partial charge in [0.05, 0.1) is 17.2 Å². The van der Waals surface area contributed by atoms with Gasteiger partial charge in [-0.25, -0.2) is 8.42 Å². The van der Waals surface area contributed by atoms with E-state index in [0.29, 0.717) is 24.6 Å². The van der Waals surface area contributed by atoms with Crippen molar-refractivity contribution in [1.82, 2.24) is 10.2 Å². The van der Waals surface area contributed by atoms with E-state index in [-0.39, 0.29) is 23.8 Å². The summed E-state index contributed by atoms with van der Waals surface area (Å²) in [5, 5.41) is 2.88. The maximum absolute atomic E-state index is 14.5. The van der Waals surface area contributed by atoms with Crippen LogP contribution in [0.15, 0.2) is 108 Å². The molecule has 0 unspecified atom stereocenters. The molecule has 2 amide bonds. The molecule has 4 aromatic carbocycles. The van der Waals surface area contributed by atoms with Crippen LogP contribution in [-0.2, 0) is 32.6 Å². The number of carbonyl (C=O) groups is 2. The first-order chi connectivity index (χ1) is 21.6. The number of hydrogen-bond acceptors (Lipinski definition) is 5. The molecule has 0 spiro atoms. The lowest BCUT2D eigenvalue weighted by molar-refractivity contribution is -0.140. The van der Waals surface area contributed by atoms with Gasteiger partial charge in [0, 0.05) is 19.5 Å². The van der Waals surface area contributed by atoms with E-state index < -0.39 is 28.5 Å². The van der Waals surface area contributed by atoms with Crippen LogP contribution in [0.2, 0.25) is 0 Å². The molecule has 0 aliphatic rings. The highest BCUT2D eigenvalue weighted by Crippen LogP contribution is 2.27. The predicted molar refractivity (Wildman–Crippen MR) is 178 cm³/mol. The van der Waals surface area contributed by atoms with Crippen LogP contribution in [0.3, 0.4) is 0 Å². The van der Waals surface area contributed by atoms with Crippen LogP contribution >= 0.6 is 0 Å². The summed E-state index contributed by atoms with van der Waals surface area (Å²) in [5.74, 6) is -0.262. The highest BCUT2D eigenvalue weighted by molar-refractivity contribution is 7.92. The standard InChI is InChI=1S/C36H41N3O5S/c1-5-37-36(41)34(24-29-12-8-7-9-13-29)38(25-30-14-10-11-28(4)23-30)35(40)26-39(31-17-15-27(3)16-18-31)45(42,43)33-21-19-32(20-22-33)44-6-2/h7-23,34H,5-6,24-26H2,1-4H3,(H,37,41)/t34-/m1/s1. The smallest absolute Gasteiger partial charge is 0.264 e. The number of ether oxygens (including phenoxy) is 1. The zero-order valence-electron chi connectivity index (χ0n) is 26.3. The number of nitrogens with zero attached hydrogens (tertiary/aromatic N) is 2. The molecule has 0 fully saturated rings. The second-order valence-electron chi connectivity index (χ2n) is 10.9. The van der Waals surface area contributed by atoms with Gasteiger partial charge in [-0.2, -0.15) is 0 Å². The molecule has 9 heteroatoms. The van der Waals surface area contributed by atoms with Crippen molar-refractivity contribution in [2.45, 2.75) is 51.6 Å². The van der Waals surface area contributed by atoms with Crippen LogP contribution in [0.5, 0.6) is 5.75 Å². The molecule has 45 heavy (non-hydrogen) atoms. The Labute approximate surface area is 266 Å². The Kier molecular flexibility index (Phi) is 11.4. The zero-order chi connectivity index (χ0) is 32.4. The Hall–Kier alpha value is -4.63. The normalized spacial score (nSPS) is 11.8. The van der Waals surface area contributed by atoms with Gasteiger partial charge in [0.2, 0.25) is 11.8 Å². The van der Waals surface area contributed by atoms with Gasteiger partial charge in [0.25, 0.3) is 10.0 Å². The van der Waals surface area contributed by atoms with Crippen LogP contribution in [-0.4, -0.2) is 50.9 Å². The fourth-order valence-corrected chi connectivity index (χ4v) is 6.51. The third-order valence-electron chi connectivity index (χ3n) is 7.38. The minimum absolute atomic E-state index is 0.0223. The first-order valence-corrected chi connectivity index (χ1v) is 16.5. The number of amides is 2. The maximum atomic E-state index is 14.5. The average molecular weight is 628 g/mol. The van der Waals surface area contributed by atoms with Crippen LogP contribution in [0.4, 0.5) is 5.69 Å². The molecule has 236 valence electrons. The largest absolute Gasteiger partial charge is 0.494 e. The summed E-state index contributed by atoms with van der Waals surface area (Å²) in [6.07, 6.45) is 0.264. The first-order valence-electron chi connectivity index (χ1n) is 15.1. The van der Waals surface area contributed by atoms with Crippen LogP contribution in [0, 0.1) is 13.8 Å². The summed E-state index contributed by atoms with van der Waals surface area (Å²) in [6, 6.07) is 29.5. The fourth-order valence-electron chi connectivity index (χ4n) is 5.09. The van der Waals surface area contributed by atoms with Gasteiger partial charge < -0.3 is 15.0 Å². The molecule has 0 aliphatic heterocycles. The summed E-state index contributed by atoms with van der Waals surface area (Å²) in [4.78, 5) is 29.6. The van der Waals surface area contributed by atoms with Crippen molar-refractivity contribution >= 4 is 27.5 Å². The monoisotopic (exact) mass is 627 g/mol. The van der Waals surface area contributed by atoms with Gasteiger partial charge in [-0.05, 0) is 75.2 Å². The third kappa shape index (κ3) is 8.73. The van der Waals surface area contributed by atoms with E-state index in [9.17, 15) is 18.0 Å². The number of sulfonamides is 1. The SMILES string of the molecule is CCNC(=O)[C@@H](Cc1ccccc1)N(Cc1cccc(C)c1)C(=O)CN(c1ccc(C)cc1)S(=O)(=O)c1ccc(OCC)cc1. The van der Waals surface area contributed by atoms with E-state index in [1.807, 2.05) is 82.3 Å². The summed E-state index contributed by atoms with van der Waals surface area (Å²) in [5.41, 5.74) is 4.02. The minimum atomic E-state index is -4.19. The molecule has 1 N–H and O–H groups in total. The molecule has 0 aliphatic carbocycles. The van der Waals surface area contributed by atoms with E-state index in [2.05, 4.69) is 5.32 Å². The van der Waals surface area contributed by atoms with Crippen LogP contribution in [0.1, 0.15) is 36.1 Å². The molecule has 4 rings (SSSR count). The van der Waals surface area contributed by atoms with Crippen molar-refractivity contribution in [3.05, 3.63) is 125 Å². The number of hydrogen-bond donors (Lipinski definition) is 1. The van der Waals surface area contributed by atoms with Crippen LogP contribution in [0.25, 0.3) is 0 Å². The quantitative estimate of drug-likeness (QED) is 0.194. The fraction of sp³-hybridized carbons (Fsp3) is 0.278. The Balaban J connectivity index is 1.78. The summed E-state index contributed by atoms with van der Waals surface area (Å²) in [7, 11) is -4.19. The van der Waals surface area contributed by atoms with Gasteiger partial charge in [-0.3, -0.25) is 13.9 Å². The van der Waals surface area contributed by atoms with E-state index in [4.69, 9.17) is 4.74 Å². The molecule has 0 heterocycles. The molecule has 8 nitrogen and oxygen atoms in total. The topological polar surface area (TPSA) is 96.0 Å². The van der Waals surface area contributed by atoms with Gasteiger partial charge in [-0.1, -0.05) is 77.9 Å². The Morgan fingerprint density at radius 2 is 1.47 bits per heavy atom. The van der Waals surface area contributed by atoms with Gasteiger partial charge in [0.1, 0.15) is 18.3 Å². The Morgan fingerprint density at radius 3 is 2.09 bits per heavy atom. The molecule has 1 atom stereocenters. The molecule has 0 saturated heterocycles. The average Bonchev–Trinajstić information content (AvgIpc) is 3.03. The van der Waals surface area contributed by atoms with E-state index >= 15 is 0 Å². The lowest BCUT2D eigenvalue weighted by Gasteiger charge is -2.34. The molecule has 4 aromatic rings. The number of benzene rings is 4. The maximum Gasteiger partial charge on any atom is 0.264 e. The highest BCUT2D eigenvalue weighted by atomic mass is 32.2. The second kappa shape index (κ2) is 15.4. The molecule has 0 radical (unpaired) electrons. The number of nitrogens with one attached hydrogen (secondary N) is 1. The van der Waals surface area contributed by atoms with E-state index in [1.165, 1.54) is 17.0 Å². The van der Waals surface area contributed by atoms with E-state index in [1.54, 1.807) is 36.4 Å². The predicted octanol–water partition coefficient (Wildman–Crippen LogP) is 5.67. The first kappa shape index (κ1) is 33.3. The molecule has 0 bridgehead atoms. The molecular weight excluding hydrogens is 586 g/mol. The van der Waals surface area contributed by atoms with Gasteiger partial charge >= 0.3 is 0 Å². The lowest BCUT2D eigenvalue weighted by Crippen LogP contribution is -2.53.